The van der Waals surface area contributed by atoms with Gasteiger partial charge in [0.15, 0.2) is 5.78 Å². The average molecular weight is 488 g/mol. The number of aromatic nitrogens is 3. The van der Waals surface area contributed by atoms with Crippen LogP contribution in [0.2, 0.25) is 15.2 Å². The Balaban J connectivity index is 1.99. The number of ketones is 1. The van der Waals surface area contributed by atoms with Crippen molar-refractivity contribution in [3.8, 4) is 5.69 Å². The zero-order valence-electron chi connectivity index (χ0n) is 17.1. The van der Waals surface area contributed by atoms with E-state index in [9.17, 15) is 9.59 Å². The number of pyridine rings is 1. The Bertz CT molecular complexity index is 1400. The number of benzene rings is 2. The van der Waals surface area contributed by atoms with Crippen LogP contribution in [-0.2, 0) is 0 Å². The molecule has 0 fully saturated rings. The van der Waals surface area contributed by atoms with Crippen LogP contribution in [0.4, 0.5) is 5.82 Å². The number of hydrogen-bond donors (Lipinski definition) is 1. The fraction of sp³-hybridized carbons (Fsp3) is 0.130. The monoisotopic (exact) mass is 486 g/mol. The van der Waals surface area contributed by atoms with E-state index in [-0.39, 0.29) is 27.9 Å². The van der Waals surface area contributed by atoms with E-state index in [0.717, 1.165) is 0 Å². The van der Waals surface area contributed by atoms with E-state index in [1.165, 1.54) is 17.8 Å². The van der Waals surface area contributed by atoms with Crippen LogP contribution >= 0.6 is 34.8 Å². The molecule has 0 spiro atoms. The molecule has 0 aliphatic heterocycles. The number of carbonyl (C=O) groups excluding carboxylic acids is 1. The largest absolute Gasteiger partial charge is 0.361 e. The van der Waals surface area contributed by atoms with Crippen molar-refractivity contribution in [2.45, 2.75) is 19.9 Å². The van der Waals surface area contributed by atoms with Gasteiger partial charge in [-0.2, -0.15) is 0 Å². The highest BCUT2D eigenvalue weighted by atomic mass is 35.5. The number of rotatable bonds is 5. The molecule has 2 aromatic heterocycles. The normalized spacial score (nSPS) is 12.0. The smallest absolute Gasteiger partial charge is 0.264 e. The van der Waals surface area contributed by atoms with Gasteiger partial charge in [-0.3, -0.25) is 14.2 Å². The molecule has 0 aliphatic carbocycles. The molecule has 1 atom stereocenters. The third-order valence-corrected chi connectivity index (χ3v) is 6.06. The van der Waals surface area contributed by atoms with Crippen molar-refractivity contribution >= 4 is 57.2 Å². The highest BCUT2D eigenvalue weighted by Crippen LogP contribution is 2.35. The van der Waals surface area contributed by atoms with Crippen molar-refractivity contribution in [2.75, 3.05) is 5.32 Å². The summed E-state index contributed by atoms with van der Waals surface area (Å²) in [6.07, 6.45) is 1.26. The summed E-state index contributed by atoms with van der Waals surface area (Å²) in [5.41, 5.74) is 0.964. The molecular weight excluding hydrogens is 471 g/mol. The number of nitrogens with one attached hydrogen (secondary N) is 1. The first-order valence-corrected chi connectivity index (χ1v) is 10.8. The molecule has 0 saturated carbocycles. The van der Waals surface area contributed by atoms with E-state index in [4.69, 9.17) is 34.8 Å². The highest BCUT2D eigenvalue weighted by molar-refractivity contribution is 6.40. The lowest BCUT2D eigenvalue weighted by atomic mass is 10.1. The summed E-state index contributed by atoms with van der Waals surface area (Å²) in [5.74, 6) is -0.0403. The van der Waals surface area contributed by atoms with Gasteiger partial charge in [0, 0.05) is 11.1 Å². The van der Waals surface area contributed by atoms with E-state index in [0.29, 0.717) is 32.2 Å². The van der Waals surface area contributed by atoms with Crippen LogP contribution < -0.4 is 10.9 Å². The minimum absolute atomic E-state index is 0.0408. The van der Waals surface area contributed by atoms with Crippen LogP contribution in [0.1, 0.15) is 35.9 Å². The van der Waals surface area contributed by atoms with Gasteiger partial charge >= 0.3 is 0 Å². The van der Waals surface area contributed by atoms with E-state index >= 15 is 0 Å². The van der Waals surface area contributed by atoms with Gasteiger partial charge in [-0.15, -0.1) is 0 Å². The number of halogens is 3. The molecule has 162 valence electrons. The van der Waals surface area contributed by atoms with Crippen molar-refractivity contribution in [3.63, 3.8) is 0 Å². The number of para-hydroxylation sites is 1. The topological polar surface area (TPSA) is 76.9 Å². The minimum Gasteiger partial charge on any atom is -0.361 e. The highest BCUT2D eigenvalue weighted by Gasteiger charge is 2.24. The second-order valence-electron chi connectivity index (χ2n) is 7.15. The van der Waals surface area contributed by atoms with Crippen LogP contribution in [-0.4, -0.2) is 20.3 Å². The molecule has 2 heterocycles. The molecule has 6 nitrogen and oxygen atoms in total. The molecule has 32 heavy (non-hydrogen) atoms. The first-order chi connectivity index (χ1) is 15.3. The fourth-order valence-corrected chi connectivity index (χ4v) is 4.59. The molecule has 1 N–H and O–H groups in total. The molecule has 0 amide bonds. The molecule has 0 aliphatic rings. The van der Waals surface area contributed by atoms with Gasteiger partial charge in [0.25, 0.3) is 5.56 Å². The lowest BCUT2D eigenvalue weighted by Crippen LogP contribution is -2.27. The number of anilines is 1. The van der Waals surface area contributed by atoms with Gasteiger partial charge in [-0.1, -0.05) is 65.1 Å². The summed E-state index contributed by atoms with van der Waals surface area (Å²) in [4.78, 5) is 33.8. The van der Waals surface area contributed by atoms with Gasteiger partial charge in [0.1, 0.15) is 17.3 Å². The van der Waals surface area contributed by atoms with E-state index in [1.807, 2.05) is 25.1 Å². The molecule has 9 heteroatoms. The second-order valence-corrected chi connectivity index (χ2v) is 8.29. The van der Waals surface area contributed by atoms with E-state index in [1.54, 1.807) is 30.3 Å². The SMILES string of the molecule is CC(=O)c1c(Cl)ncnc1N[C@@H](C)c1c(Cl)c2cccc(Cl)c2c(=O)n1-c1ccccc1. The van der Waals surface area contributed by atoms with Gasteiger partial charge in [-0.25, -0.2) is 9.97 Å². The fourth-order valence-electron chi connectivity index (χ4n) is 3.66. The molecule has 4 aromatic rings. The predicted octanol–water partition coefficient (Wildman–Crippen LogP) is 6.12. The van der Waals surface area contributed by atoms with Crippen LogP contribution in [0.15, 0.2) is 59.7 Å². The molecule has 2 aromatic carbocycles. The Morgan fingerprint density at radius 1 is 1.03 bits per heavy atom. The predicted molar refractivity (Wildman–Crippen MR) is 129 cm³/mol. The summed E-state index contributed by atoms with van der Waals surface area (Å²) in [6.45, 7) is 3.20. The van der Waals surface area contributed by atoms with Crippen LogP contribution in [0.5, 0.6) is 0 Å². The van der Waals surface area contributed by atoms with Crippen molar-refractivity contribution in [1.82, 2.24) is 14.5 Å². The zero-order chi connectivity index (χ0) is 23.0. The van der Waals surface area contributed by atoms with Crippen LogP contribution in [0, 0.1) is 0 Å². The van der Waals surface area contributed by atoms with Crippen molar-refractivity contribution < 1.29 is 4.79 Å². The third kappa shape index (κ3) is 3.86. The van der Waals surface area contributed by atoms with Crippen molar-refractivity contribution in [3.05, 3.63) is 91.7 Å². The quantitative estimate of drug-likeness (QED) is 0.271. The lowest BCUT2D eigenvalue weighted by molar-refractivity contribution is 0.101. The lowest BCUT2D eigenvalue weighted by Gasteiger charge is -2.24. The Kier molecular flexibility index (Phi) is 6.20. The first-order valence-electron chi connectivity index (χ1n) is 9.67. The maximum absolute atomic E-state index is 13.6. The van der Waals surface area contributed by atoms with Gasteiger partial charge < -0.3 is 5.32 Å². The summed E-state index contributed by atoms with van der Waals surface area (Å²) in [6, 6.07) is 13.7. The molecule has 4 rings (SSSR count). The Hall–Kier alpha value is -2.93. The van der Waals surface area contributed by atoms with Crippen molar-refractivity contribution in [2.24, 2.45) is 0 Å². The summed E-state index contributed by atoms with van der Waals surface area (Å²) in [7, 11) is 0. The average Bonchev–Trinajstić information content (AvgIpc) is 2.76. The van der Waals surface area contributed by atoms with Crippen molar-refractivity contribution in [1.29, 1.82) is 0 Å². The molecular formula is C23H17Cl3N4O2. The number of Topliss-reactive ketones (excluding diaryl/α,β-unsaturated/α-hetero) is 1. The summed E-state index contributed by atoms with van der Waals surface area (Å²) < 4.78 is 1.52. The van der Waals surface area contributed by atoms with Crippen LogP contribution in [0.25, 0.3) is 16.5 Å². The zero-order valence-corrected chi connectivity index (χ0v) is 19.3. The Labute approximate surface area is 198 Å². The van der Waals surface area contributed by atoms with Gasteiger partial charge in [0.05, 0.1) is 32.7 Å². The second kappa shape index (κ2) is 8.90. The molecule has 0 saturated heterocycles. The summed E-state index contributed by atoms with van der Waals surface area (Å²) in [5, 5.41) is 4.75. The summed E-state index contributed by atoms with van der Waals surface area (Å²) >= 11 is 19.3. The Morgan fingerprint density at radius 3 is 2.44 bits per heavy atom. The van der Waals surface area contributed by atoms with Gasteiger partial charge in [-0.05, 0) is 32.0 Å². The maximum atomic E-state index is 13.6. The van der Waals surface area contributed by atoms with Gasteiger partial charge in [0.2, 0.25) is 0 Å². The van der Waals surface area contributed by atoms with Crippen LogP contribution in [0.3, 0.4) is 0 Å². The minimum atomic E-state index is -0.539. The van der Waals surface area contributed by atoms with E-state index < -0.39 is 6.04 Å². The maximum Gasteiger partial charge on any atom is 0.264 e. The third-order valence-electron chi connectivity index (χ3n) is 5.06. The number of nitrogens with zero attached hydrogens (tertiary/aromatic N) is 3. The standard InChI is InChI=1S/C23H17Cl3N4O2/c1-12(29-22-17(13(2)31)21(26)27-11-28-22)20-19(25)15-9-6-10-16(24)18(15)23(32)30(20)14-7-4-3-5-8-14/h3-12H,1-2H3,(H,27,28,29)/t12-/m0/s1. The molecule has 0 radical (unpaired) electrons. The first kappa shape index (κ1) is 22.3. The number of hydrogen-bond acceptors (Lipinski definition) is 5. The Morgan fingerprint density at radius 2 is 1.75 bits per heavy atom. The number of carbonyl (C=O) groups is 1. The molecule has 0 bridgehead atoms. The van der Waals surface area contributed by atoms with E-state index in [2.05, 4.69) is 15.3 Å². The molecule has 0 unspecified atom stereocenters. The number of fused-ring (bicyclic) bond motifs is 1.